The largest absolute Gasteiger partial charge is 0.361 e. The molecule has 30 heavy (non-hydrogen) atoms. The number of sulfonamides is 1. The first kappa shape index (κ1) is 21.6. The van der Waals surface area contributed by atoms with Crippen LogP contribution in [0.2, 0.25) is 0 Å². The number of nitrogens with one attached hydrogen (secondary N) is 4. The lowest BCUT2D eigenvalue weighted by atomic mass is 10.1. The van der Waals surface area contributed by atoms with Crippen molar-refractivity contribution < 1.29 is 12.8 Å². The molecule has 0 saturated heterocycles. The molecule has 0 saturated carbocycles. The molecule has 0 spiro atoms. The van der Waals surface area contributed by atoms with Crippen molar-refractivity contribution in [3.05, 3.63) is 65.6 Å². The third kappa shape index (κ3) is 5.96. The Bertz CT molecular complexity index is 1140. The van der Waals surface area contributed by atoms with Gasteiger partial charge in [-0.2, -0.15) is 0 Å². The highest BCUT2D eigenvalue weighted by Crippen LogP contribution is 2.19. The average Bonchev–Trinajstić information content (AvgIpc) is 3.08. The molecule has 3 aromatic rings. The molecule has 1 heterocycles. The van der Waals surface area contributed by atoms with Crippen LogP contribution < -0.4 is 15.4 Å². The molecule has 2 aromatic carbocycles. The Labute approximate surface area is 175 Å². The summed E-state index contributed by atoms with van der Waals surface area (Å²) in [6.45, 7) is 3.63. The molecule has 7 nitrogen and oxygen atoms in total. The van der Waals surface area contributed by atoms with Crippen LogP contribution in [0.4, 0.5) is 10.1 Å². The molecule has 0 amide bonds. The monoisotopic (exact) mass is 431 g/mol. The molecule has 0 aliphatic carbocycles. The number of H-pyrrole nitrogens is 1. The standard InChI is InChI=1S/C21H26FN5O2S/c1-3-23-21(26-14-16-6-4-5-7-19(16)27-30(2,28)29)24-11-10-15-13-25-20-12-17(22)8-9-18(15)20/h4-9,12-13,25,27H,3,10-11,14H2,1-2H3,(H2,23,24,26). The molecule has 4 N–H and O–H groups in total. The van der Waals surface area contributed by atoms with Gasteiger partial charge in [0.1, 0.15) is 5.82 Å². The third-order valence-corrected chi connectivity index (χ3v) is 5.07. The number of aromatic amines is 1. The highest BCUT2D eigenvalue weighted by molar-refractivity contribution is 7.92. The molecule has 1 aromatic heterocycles. The van der Waals surface area contributed by atoms with Crippen LogP contribution in [0.15, 0.2) is 53.7 Å². The van der Waals surface area contributed by atoms with Crippen molar-refractivity contribution in [2.75, 3.05) is 24.1 Å². The number of anilines is 1. The number of halogens is 1. The van der Waals surface area contributed by atoms with Crippen molar-refractivity contribution in [1.29, 1.82) is 0 Å². The predicted molar refractivity (Wildman–Crippen MR) is 120 cm³/mol. The van der Waals surface area contributed by atoms with Gasteiger partial charge in [-0.3, -0.25) is 4.72 Å². The molecular weight excluding hydrogens is 405 g/mol. The van der Waals surface area contributed by atoms with Crippen LogP contribution in [0.25, 0.3) is 10.9 Å². The van der Waals surface area contributed by atoms with Crippen molar-refractivity contribution in [1.82, 2.24) is 15.6 Å². The van der Waals surface area contributed by atoms with Crippen molar-refractivity contribution >= 4 is 32.6 Å². The fraction of sp³-hybridized carbons (Fsp3) is 0.286. The Morgan fingerprint density at radius 1 is 1.13 bits per heavy atom. The first-order valence-electron chi connectivity index (χ1n) is 9.69. The summed E-state index contributed by atoms with van der Waals surface area (Å²) in [5, 5.41) is 7.47. The minimum absolute atomic E-state index is 0.263. The van der Waals surface area contributed by atoms with E-state index in [9.17, 15) is 12.8 Å². The molecule has 3 rings (SSSR count). The van der Waals surface area contributed by atoms with Crippen molar-refractivity contribution in [2.24, 2.45) is 4.99 Å². The number of rotatable bonds is 8. The fourth-order valence-electron chi connectivity index (χ4n) is 3.14. The van der Waals surface area contributed by atoms with Crippen LogP contribution in [0, 0.1) is 5.82 Å². The number of hydrogen-bond acceptors (Lipinski definition) is 3. The lowest BCUT2D eigenvalue weighted by Crippen LogP contribution is -2.38. The summed E-state index contributed by atoms with van der Waals surface area (Å²) in [5.74, 6) is 0.374. The highest BCUT2D eigenvalue weighted by atomic mass is 32.2. The van der Waals surface area contributed by atoms with E-state index in [1.807, 2.05) is 25.3 Å². The molecule has 0 atom stereocenters. The summed E-state index contributed by atoms with van der Waals surface area (Å²) in [6, 6.07) is 11.9. The van der Waals surface area contributed by atoms with E-state index in [0.29, 0.717) is 31.3 Å². The van der Waals surface area contributed by atoms with E-state index in [2.05, 4.69) is 25.3 Å². The van der Waals surface area contributed by atoms with Gasteiger partial charge >= 0.3 is 0 Å². The zero-order valence-electron chi connectivity index (χ0n) is 17.0. The molecule has 0 radical (unpaired) electrons. The van der Waals surface area contributed by atoms with Crippen LogP contribution in [0.5, 0.6) is 0 Å². The number of para-hydroxylation sites is 1. The van der Waals surface area contributed by atoms with Gasteiger partial charge in [0.05, 0.1) is 18.5 Å². The first-order valence-corrected chi connectivity index (χ1v) is 11.6. The lowest BCUT2D eigenvalue weighted by Gasteiger charge is -2.13. The van der Waals surface area contributed by atoms with Gasteiger partial charge in [0.25, 0.3) is 0 Å². The third-order valence-electron chi connectivity index (χ3n) is 4.48. The van der Waals surface area contributed by atoms with Crippen LogP contribution in [0.3, 0.4) is 0 Å². The summed E-state index contributed by atoms with van der Waals surface area (Å²) in [6.07, 6.45) is 3.75. The van der Waals surface area contributed by atoms with Gasteiger partial charge in [0.2, 0.25) is 10.0 Å². The van der Waals surface area contributed by atoms with Crippen LogP contribution in [-0.2, 0) is 23.0 Å². The van der Waals surface area contributed by atoms with E-state index >= 15 is 0 Å². The Balaban J connectivity index is 1.65. The number of fused-ring (bicyclic) bond motifs is 1. The maximum Gasteiger partial charge on any atom is 0.229 e. The SMILES string of the molecule is CCNC(=NCc1ccccc1NS(C)(=O)=O)NCCc1c[nH]c2cc(F)ccc12. The Hall–Kier alpha value is -3.07. The van der Waals surface area contributed by atoms with Gasteiger partial charge in [-0.05, 0) is 48.7 Å². The van der Waals surface area contributed by atoms with Gasteiger partial charge in [-0.1, -0.05) is 18.2 Å². The van der Waals surface area contributed by atoms with Crippen LogP contribution >= 0.6 is 0 Å². The summed E-state index contributed by atoms with van der Waals surface area (Å²) < 4.78 is 39.0. The van der Waals surface area contributed by atoms with E-state index in [1.165, 1.54) is 12.1 Å². The second-order valence-corrected chi connectivity index (χ2v) is 8.66. The zero-order chi connectivity index (χ0) is 21.6. The van der Waals surface area contributed by atoms with E-state index in [-0.39, 0.29) is 5.82 Å². The minimum Gasteiger partial charge on any atom is -0.361 e. The van der Waals surface area contributed by atoms with Gasteiger partial charge in [0, 0.05) is 30.2 Å². The number of aliphatic imine (C=N–C) groups is 1. The quantitative estimate of drug-likeness (QED) is 0.326. The van der Waals surface area contributed by atoms with Gasteiger partial charge < -0.3 is 15.6 Å². The Morgan fingerprint density at radius 2 is 1.93 bits per heavy atom. The molecule has 0 aliphatic heterocycles. The van der Waals surface area contributed by atoms with E-state index in [1.54, 1.807) is 18.2 Å². The summed E-state index contributed by atoms with van der Waals surface area (Å²) in [4.78, 5) is 7.66. The maximum atomic E-state index is 13.3. The summed E-state index contributed by atoms with van der Waals surface area (Å²) in [5.41, 5.74) is 3.17. The number of nitrogens with zero attached hydrogens (tertiary/aromatic N) is 1. The maximum absolute atomic E-state index is 13.3. The first-order chi connectivity index (χ1) is 14.4. The number of guanidine groups is 1. The number of benzene rings is 2. The summed E-state index contributed by atoms with van der Waals surface area (Å²) in [7, 11) is -3.36. The second-order valence-electron chi connectivity index (χ2n) is 6.91. The zero-order valence-corrected chi connectivity index (χ0v) is 17.8. The van der Waals surface area contributed by atoms with Crippen molar-refractivity contribution in [3.8, 4) is 0 Å². The normalized spacial score (nSPS) is 12.2. The molecule has 9 heteroatoms. The van der Waals surface area contributed by atoms with E-state index in [0.717, 1.165) is 34.7 Å². The van der Waals surface area contributed by atoms with Crippen LogP contribution in [0.1, 0.15) is 18.1 Å². The molecular formula is C21H26FN5O2S. The highest BCUT2D eigenvalue weighted by Gasteiger charge is 2.08. The topological polar surface area (TPSA) is 98.4 Å². The molecule has 160 valence electrons. The molecule has 0 fully saturated rings. The molecule has 0 unspecified atom stereocenters. The fourth-order valence-corrected chi connectivity index (χ4v) is 3.74. The summed E-state index contributed by atoms with van der Waals surface area (Å²) >= 11 is 0. The number of hydrogen-bond donors (Lipinski definition) is 4. The predicted octanol–water partition coefficient (Wildman–Crippen LogP) is 2.98. The second kappa shape index (κ2) is 9.62. The average molecular weight is 432 g/mol. The van der Waals surface area contributed by atoms with E-state index < -0.39 is 10.0 Å². The van der Waals surface area contributed by atoms with Gasteiger partial charge in [-0.15, -0.1) is 0 Å². The van der Waals surface area contributed by atoms with E-state index in [4.69, 9.17) is 0 Å². The van der Waals surface area contributed by atoms with Gasteiger partial charge in [-0.25, -0.2) is 17.8 Å². The van der Waals surface area contributed by atoms with Gasteiger partial charge in [0.15, 0.2) is 5.96 Å². The number of aromatic nitrogens is 1. The molecule has 0 aliphatic rings. The minimum atomic E-state index is -3.36. The van der Waals surface area contributed by atoms with Crippen molar-refractivity contribution in [2.45, 2.75) is 19.9 Å². The molecule has 0 bridgehead atoms. The smallest absolute Gasteiger partial charge is 0.229 e. The van der Waals surface area contributed by atoms with Crippen molar-refractivity contribution in [3.63, 3.8) is 0 Å². The Kier molecular flexibility index (Phi) is 6.94. The Morgan fingerprint density at radius 3 is 2.70 bits per heavy atom. The lowest BCUT2D eigenvalue weighted by molar-refractivity contribution is 0.606. The van der Waals surface area contributed by atoms with Crippen LogP contribution in [-0.4, -0.2) is 38.7 Å².